The van der Waals surface area contributed by atoms with Crippen LogP contribution in [-0.2, 0) is 0 Å². The summed E-state index contributed by atoms with van der Waals surface area (Å²) in [6.45, 7) is 1.90. The van der Waals surface area contributed by atoms with Crippen LogP contribution in [0, 0.1) is 6.92 Å². The van der Waals surface area contributed by atoms with Gasteiger partial charge in [0.25, 0.3) is 0 Å². The Labute approximate surface area is 99.1 Å². The van der Waals surface area contributed by atoms with Gasteiger partial charge in [0.05, 0.1) is 4.58 Å². The van der Waals surface area contributed by atoms with Crippen molar-refractivity contribution in [3.63, 3.8) is 0 Å². The van der Waals surface area contributed by atoms with Crippen LogP contribution in [-0.4, -0.2) is 20.3 Å². The summed E-state index contributed by atoms with van der Waals surface area (Å²) in [5.74, 6) is 1.14. The lowest BCUT2D eigenvalue weighted by atomic mass is 10.5. The van der Waals surface area contributed by atoms with Crippen molar-refractivity contribution in [1.29, 1.82) is 0 Å². The molecular weight excluding hydrogens is 234 g/mol. The van der Waals surface area contributed by atoms with Crippen LogP contribution in [0.1, 0.15) is 12.1 Å². The lowest BCUT2D eigenvalue weighted by molar-refractivity contribution is 1.01. The number of rotatable bonds is 4. The van der Waals surface area contributed by atoms with E-state index in [2.05, 4.69) is 35.2 Å². The minimum atomic E-state index is 0.209. The Morgan fingerprint density at radius 1 is 1.57 bits per heavy atom. The lowest BCUT2D eigenvalue weighted by Gasteiger charge is -2.08. The number of aryl methyl sites for hydroxylation is 1. The number of nitrogens with zero attached hydrogens (tertiary/aromatic N) is 2. The molecule has 1 aromatic heterocycles. The van der Waals surface area contributed by atoms with E-state index in [0.29, 0.717) is 5.95 Å². The molecule has 1 atom stereocenters. The summed E-state index contributed by atoms with van der Waals surface area (Å²) in [4.78, 5) is 8.11. The maximum Gasteiger partial charge on any atom is 0.221 e. The van der Waals surface area contributed by atoms with Crippen molar-refractivity contribution >= 4 is 43.0 Å². The third kappa shape index (κ3) is 3.98. The first-order valence-electron chi connectivity index (χ1n) is 4.18. The minimum absolute atomic E-state index is 0.209. The van der Waals surface area contributed by atoms with Crippen LogP contribution in [0.25, 0.3) is 0 Å². The first kappa shape index (κ1) is 12.0. The van der Waals surface area contributed by atoms with Crippen molar-refractivity contribution in [3.05, 3.63) is 11.8 Å². The van der Waals surface area contributed by atoms with Crippen molar-refractivity contribution < 1.29 is 0 Å². The van der Waals surface area contributed by atoms with Gasteiger partial charge in [0.15, 0.2) is 0 Å². The van der Waals surface area contributed by atoms with E-state index in [-0.39, 0.29) is 4.58 Å². The van der Waals surface area contributed by atoms with Crippen LogP contribution in [0.2, 0.25) is 0 Å². The molecule has 3 nitrogen and oxygen atoms in total. The first-order valence-corrected chi connectivity index (χ1v) is 6.21. The van der Waals surface area contributed by atoms with Crippen LogP contribution in [0.15, 0.2) is 11.1 Å². The number of hydrogen-bond donors (Lipinski definition) is 3. The molecule has 1 rings (SSSR count). The van der Waals surface area contributed by atoms with E-state index >= 15 is 0 Å². The highest BCUT2D eigenvalue weighted by Crippen LogP contribution is 2.27. The van der Waals surface area contributed by atoms with Gasteiger partial charge in [0, 0.05) is 5.69 Å². The number of hydrogen-bond acceptors (Lipinski definition) is 6. The molecule has 0 aliphatic rings. The summed E-state index contributed by atoms with van der Waals surface area (Å²) < 4.78 is 0.209. The Hall–Kier alpha value is -0.0700. The summed E-state index contributed by atoms with van der Waals surface area (Å²) in [6, 6.07) is 1.91. The Balaban J connectivity index is 2.66. The molecule has 0 aromatic carbocycles. The number of nitrogen functional groups attached to an aromatic ring is 1. The molecule has 0 aliphatic heterocycles. The smallest absolute Gasteiger partial charge is 0.221 e. The topological polar surface area (TPSA) is 51.8 Å². The van der Waals surface area contributed by atoms with Gasteiger partial charge >= 0.3 is 0 Å². The highest BCUT2D eigenvalue weighted by atomic mass is 32.2. The zero-order valence-corrected chi connectivity index (χ0v) is 10.4. The summed E-state index contributed by atoms with van der Waals surface area (Å²) in [5, 5.41) is 0.872. The third-order valence-electron chi connectivity index (χ3n) is 1.48. The van der Waals surface area contributed by atoms with Crippen LogP contribution in [0.5, 0.6) is 0 Å². The molecule has 0 saturated heterocycles. The molecule has 1 aromatic rings. The molecule has 0 saturated carbocycles. The van der Waals surface area contributed by atoms with Gasteiger partial charge in [-0.25, -0.2) is 9.97 Å². The van der Waals surface area contributed by atoms with E-state index < -0.39 is 0 Å². The highest BCUT2D eigenvalue weighted by Gasteiger charge is 2.06. The maximum absolute atomic E-state index is 5.53. The molecule has 78 valence electrons. The molecule has 1 unspecified atom stereocenters. The first-order chi connectivity index (χ1) is 6.61. The number of aromatic nitrogens is 2. The second-order valence-corrected chi connectivity index (χ2v) is 5.43. The monoisotopic (exact) mass is 247 g/mol. The van der Waals surface area contributed by atoms with Gasteiger partial charge in [-0.1, -0.05) is 11.8 Å². The van der Waals surface area contributed by atoms with Crippen LogP contribution < -0.4 is 5.73 Å². The molecule has 0 bridgehead atoms. The van der Waals surface area contributed by atoms with E-state index in [0.717, 1.165) is 22.9 Å². The predicted molar refractivity (Wildman–Crippen MR) is 68.3 cm³/mol. The zero-order chi connectivity index (χ0) is 10.6. The number of thioether (sulfide) groups is 1. The van der Waals surface area contributed by atoms with E-state index in [9.17, 15) is 0 Å². The Morgan fingerprint density at radius 3 is 2.86 bits per heavy atom. The van der Waals surface area contributed by atoms with Crippen molar-refractivity contribution in [2.75, 3.05) is 11.5 Å². The zero-order valence-electron chi connectivity index (χ0n) is 7.84. The van der Waals surface area contributed by atoms with Crippen LogP contribution in [0.3, 0.4) is 0 Å². The van der Waals surface area contributed by atoms with E-state index in [1.165, 1.54) is 0 Å². The Bertz CT molecular complexity index is 286. The Morgan fingerprint density at radius 2 is 2.29 bits per heavy atom. The average Bonchev–Trinajstić information content (AvgIpc) is 2.01. The van der Waals surface area contributed by atoms with Crippen LogP contribution >= 0.6 is 37.0 Å². The standard InChI is InChI=1S/C8H13N3S3/c1-5-4-6(11-8(9)10-5)14-7(13)2-3-12/h4,7,12-13H,2-3H2,1H3,(H2,9,10,11). The molecule has 0 fully saturated rings. The fraction of sp³-hybridized carbons (Fsp3) is 0.500. The van der Waals surface area contributed by atoms with E-state index in [1.54, 1.807) is 11.8 Å². The number of nitrogens with two attached hydrogens (primary N) is 1. The van der Waals surface area contributed by atoms with Crippen molar-refractivity contribution in [2.24, 2.45) is 0 Å². The normalized spacial score (nSPS) is 12.8. The molecule has 0 spiro atoms. The molecular formula is C8H13N3S3. The molecule has 0 radical (unpaired) electrons. The molecule has 2 N–H and O–H groups in total. The summed E-state index contributed by atoms with van der Waals surface area (Å²) in [5.41, 5.74) is 6.41. The quantitative estimate of drug-likeness (QED) is 0.330. The van der Waals surface area contributed by atoms with Gasteiger partial charge in [0.2, 0.25) is 5.95 Å². The third-order valence-corrected chi connectivity index (χ3v) is 3.27. The van der Waals surface area contributed by atoms with Gasteiger partial charge in [-0.2, -0.15) is 25.3 Å². The van der Waals surface area contributed by atoms with Crippen molar-refractivity contribution in [2.45, 2.75) is 23.0 Å². The average molecular weight is 247 g/mol. The second-order valence-electron chi connectivity index (χ2n) is 2.79. The van der Waals surface area contributed by atoms with Gasteiger partial charge in [-0.05, 0) is 25.2 Å². The highest BCUT2D eigenvalue weighted by molar-refractivity contribution is 8.10. The fourth-order valence-electron chi connectivity index (χ4n) is 0.931. The molecule has 1 heterocycles. The largest absolute Gasteiger partial charge is 0.368 e. The fourth-order valence-corrected chi connectivity index (χ4v) is 2.92. The second kappa shape index (κ2) is 5.72. The molecule has 6 heteroatoms. The molecule has 14 heavy (non-hydrogen) atoms. The summed E-state index contributed by atoms with van der Waals surface area (Å²) in [6.07, 6.45) is 0.930. The van der Waals surface area contributed by atoms with Gasteiger partial charge in [0.1, 0.15) is 5.03 Å². The maximum atomic E-state index is 5.53. The number of thiol groups is 2. The predicted octanol–water partition coefficient (Wildman–Crippen LogP) is 2.04. The Kier molecular flexibility index (Phi) is 4.91. The van der Waals surface area contributed by atoms with Crippen molar-refractivity contribution in [1.82, 2.24) is 9.97 Å². The molecule has 0 amide bonds. The molecule has 0 aliphatic carbocycles. The van der Waals surface area contributed by atoms with Crippen molar-refractivity contribution in [3.8, 4) is 0 Å². The minimum Gasteiger partial charge on any atom is -0.368 e. The van der Waals surface area contributed by atoms with E-state index in [1.807, 2.05) is 13.0 Å². The van der Waals surface area contributed by atoms with Crippen LogP contribution in [0.4, 0.5) is 5.95 Å². The van der Waals surface area contributed by atoms with E-state index in [4.69, 9.17) is 5.73 Å². The van der Waals surface area contributed by atoms with Gasteiger partial charge < -0.3 is 5.73 Å². The SMILES string of the molecule is Cc1cc(SC(S)CCS)nc(N)n1. The summed E-state index contributed by atoms with van der Waals surface area (Å²) >= 11 is 10.1. The van der Waals surface area contributed by atoms with Gasteiger partial charge in [-0.15, -0.1) is 0 Å². The lowest BCUT2D eigenvalue weighted by Crippen LogP contribution is -2.00. The van der Waals surface area contributed by atoms with Gasteiger partial charge in [-0.3, -0.25) is 0 Å². The summed E-state index contributed by atoms with van der Waals surface area (Å²) in [7, 11) is 0. The number of anilines is 1.